The van der Waals surface area contributed by atoms with Crippen LogP contribution in [0.4, 0.5) is 5.69 Å². The number of rotatable bonds is 5. The molecule has 2 aromatic carbocycles. The molecule has 0 atom stereocenters. The van der Waals surface area contributed by atoms with Crippen molar-refractivity contribution < 1.29 is 9.21 Å². The van der Waals surface area contributed by atoms with Gasteiger partial charge in [0.25, 0.3) is 5.78 Å². The molecule has 5 heteroatoms. The van der Waals surface area contributed by atoms with Gasteiger partial charge in [0.15, 0.2) is 10.8 Å². The Labute approximate surface area is 144 Å². The van der Waals surface area contributed by atoms with Crippen LogP contribution in [-0.4, -0.2) is 10.8 Å². The van der Waals surface area contributed by atoms with Gasteiger partial charge in [0.2, 0.25) is 0 Å². The minimum absolute atomic E-state index is 0.256. The Balaban J connectivity index is 1.84. The molecule has 1 heterocycles. The normalized spacial score (nSPS) is 11.3. The zero-order valence-corrected chi connectivity index (χ0v) is 13.9. The number of thioether (sulfide) groups is 1. The van der Waals surface area contributed by atoms with E-state index in [1.165, 1.54) is 18.0 Å². The van der Waals surface area contributed by atoms with Crippen molar-refractivity contribution in [1.82, 2.24) is 0 Å². The van der Waals surface area contributed by atoms with E-state index in [2.05, 4.69) is 10.5 Å². The molecular formula is C19H16N2O2S. The number of ketones is 1. The van der Waals surface area contributed by atoms with Crippen molar-refractivity contribution in [2.75, 3.05) is 5.43 Å². The Morgan fingerprint density at radius 1 is 1.00 bits per heavy atom. The van der Waals surface area contributed by atoms with Gasteiger partial charge in [-0.2, -0.15) is 5.10 Å². The highest BCUT2D eigenvalue weighted by Gasteiger charge is 2.18. The fourth-order valence-electron chi connectivity index (χ4n) is 1.98. The Hall–Kier alpha value is -2.79. The van der Waals surface area contributed by atoms with E-state index in [1.807, 2.05) is 61.5 Å². The lowest BCUT2D eigenvalue weighted by atomic mass is 10.2. The smallest absolute Gasteiger partial charge is 0.255 e. The maximum Gasteiger partial charge on any atom is 0.255 e. The lowest BCUT2D eigenvalue weighted by molar-refractivity contribution is 0.104. The van der Waals surface area contributed by atoms with E-state index in [4.69, 9.17) is 4.42 Å². The van der Waals surface area contributed by atoms with Gasteiger partial charge < -0.3 is 4.42 Å². The van der Waals surface area contributed by atoms with E-state index in [0.717, 1.165) is 16.1 Å². The van der Waals surface area contributed by atoms with Crippen LogP contribution in [0.3, 0.4) is 0 Å². The van der Waals surface area contributed by atoms with Crippen molar-refractivity contribution in [3.63, 3.8) is 0 Å². The molecule has 3 rings (SSSR count). The third kappa shape index (κ3) is 4.14. The van der Waals surface area contributed by atoms with Crippen molar-refractivity contribution in [2.45, 2.75) is 11.8 Å². The second-order valence-corrected chi connectivity index (χ2v) is 6.18. The van der Waals surface area contributed by atoms with Gasteiger partial charge in [-0.05, 0) is 43.3 Å². The highest BCUT2D eigenvalue weighted by Crippen LogP contribution is 2.22. The molecule has 0 saturated carbocycles. The van der Waals surface area contributed by atoms with E-state index < -0.39 is 0 Å². The summed E-state index contributed by atoms with van der Waals surface area (Å²) in [4.78, 5) is 13.5. The van der Waals surface area contributed by atoms with Crippen LogP contribution >= 0.6 is 11.8 Å². The van der Waals surface area contributed by atoms with Crippen LogP contribution in [0, 0.1) is 6.92 Å². The van der Waals surface area contributed by atoms with Crippen molar-refractivity contribution in [1.29, 1.82) is 0 Å². The Morgan fingerprint density at radius 3 is 2.42 bits per heavy atom. The molecule has 0 amide bonds. The maximum absolute atomic E-state index is 12.6. The first-order chi connectivity index (χ1) is 11.7. The minimum atomic E-state index is -0.256. The first kappa shape index (κ1) is 16.1. The molecule has 0 aliphatic carbocycles. The highest BCUT2D eigenvalue weighted by molar-refractivity contribution is 8.15. The van der Waals surface area contributed by atoms with Crippen LogP contribution in [0.2, 0.25) is 0 Å². The third-order valence-electron chi connectivity index (χ3n) is 3.24. The number of nitrogens with one attached hydrogen (secondary N) is 1. The second-order valence-electron chi connectivity index (χ2n) is 5.12. The van der Waals surface area contributed by atoms with Gasteiger partial charge in [-0.1, -0.05) is 47.7 Å². The molecule has 3 aromatic rings. The van der Waals surface area contributed by atoms with Gasteiger partial charge in [-0.25, -0.2) is 0 Å². The number of hydrogen-bond acceptors (Lipinski definition) is 5. The average Bonchev–Trinajstić information content (AvgIpc) is 3.15. The number of hydrazone groups is 1. The van der Waals surface area contributed by atoms with E-state index in [1.54, 1.807) is 12.1 Å². The molecule has 1 N–H and O–H groups in total. The molecule has 4 nitrogen and oxygen atoms in total. The van der Waals surface area contributed by atoms with Gasteiger partial charge >= 0.3 is 0 Å². The number of carbonyl (C=O) groups excluding carboxylic acids is 1. The second kappa shape index (κ2) is 7.66. The highest BCUT2D eigenvalue weighted by atomic mass is 32.2. The van der Waals surface area contributed by atoms with E-state index in [-0.39, 0.29) is 11.5 Å². The molecule has 24 heavy (non-hydrogen) atoms. The summed E-state index contributed by atoms with van der Waals surface area (Å²) in [5.41, 5.74) is 4.92. The number of nitrogens with zero attached hydrogens (tertiary/aromatic N) is 1. The first-order valence-corrected chi connectivity index (χ1v) is 8.25. The number of hydrogen-bond donors (Lipinski definition) is 1. The van der Waals surface area contributed by atoms with Gasteiger partial charge in [-0.15, -0.1) is 0 Å². The van der Waals surface area contributed by atoms with Crippen molar-refractivity contribution in [3.8, 4) is 0 Å². The maximum atomic E-state index is 12.6. The molecule has 0 saturated heterocycles. The monoisotopic (exact) mass is 336 g/mol. The van der Waals surface area contributed by atoms with Crippen LogP contribution in [0.15, 0.2) is 87.4 Å². The molecule has 0 fully saturated rings. The van der Waals surface area contributed by atoms with Crippen molar-refractivity contribution in [2.24, 2.45) is 5.10 Å². The molecule has 0 aliphatic heterocycles. The Bertz CT molecular complexity index is 826. The summed E-state index contributed by atoms with van der Waals surface area (Å²) in [5, 5.41) is 4.61. The van der Waals surface area contributed by atoms with Gasteiger partial charge in [0.05, 0.1) is 12.0 Å². The lowest BCUT2D eigenvalue weighted by Crippen LogP contribution is -2.12. The largest absolute Gasteiger partial charge is 0.461 e. The first-order valence-electron chi connectivity index (χ1n) is 7.44. The van der Waals surface area contributed by atoms with Gasteiger partial charge in [0, 0.05) is 4.90 Å². The Kier molecular flexibility index (Phi) is 5.13. The molecule has 120 valence electrons. The number of aryl methyl sites for hydroxylation is 1. The summed E-state index contributed by atoms with van der Waals surface area (Å²) in [7, 11) is 0. The lowest BCUT2D eigenvalue weighted by Gasteiger charge is -2.06. The number of carbonyl (C=O) groups is 1. The van der Waals surface area contributed by atoms with E-state index in [9.17, 15) is 4.79 Å². The SMILES string of the molecule is Cc1ccc(N/N=C(/Sc2ccccc2)C(=O)c2ccco2)cc1. The fraction of sp³-hybridized carbons (Fsp3) is 0.0526. The molecule has 0 unspecified atom stereocenters. The molecule has 0 bridgehead atoms. The summed E-state index contributed by atoms with van der Waals surface area (Å²) in [6.45, 7) is 2.02. The van der Waals surface area contributed by atoms with Crippen LogP contribution in [0.1, 0.15) is 16.1 Å². The molecule has 0 aliphatic rings. The number of anilines is 1. The molecule has 1 aromatic heterocycles. The zero-order chi connectivity index (χ0) is 16.8. The van der Waals surface area contributed by atoms with Crippen molar-refractivity contribution >= 4 is 28.3 Å². The Morgan fingerprint density at radius 2 is 1.75 bits per heavy atom. The van der Waals surface area contributed by atoms with E-state index >= 15 is 0 Å². The summed E-state index contributed by atoms with van der Waals surface area (Å²) in [5.74, 6) is 0.0105. The predicted octanol–water partition coefficient (Wildman–Crippen LogP) is 4.99. The standard InChI is InChI=1S/C19H16N2O2S/c1-14-9-11-15(12-10-14)20-21-19(18(22)17-8-5-13-23-17)24-16-6-3-2-4-7-16/h2-13,20H,1H3/b21-19+. The third-order valence-corrected chi connectivity index (χ3v) is 4.21. The summed E-state index contributed by atoms with van der Waals surface area (Å²) in [6.07, 6.45) is 1.48. The molecule has 0 radical (unpaired) electrons. The number of Topliss-reactive ketones (excluding diaryl/α,β-unsaturated/α-hetero) is 1. The summed E-state index contributed by atoms with van der Waals surface area (Å²) < 4.78 is 5.21. The van der Waals surface area contributed by atoms with Crippen LogP contribution in [0.25, 0.3) is 0 Å². The quantitative estimate of drug-likeness (QED) is 0.234. The topological polar surface area (TPSA) is 54.6 Å². The van der Waals surface area contributed by atoms with Crippen molar-refractivity contribution in [3.05, 3.63) is 84.3 Å². The molecular weight excluding hydrogens is 320 g/mol. The van der Waals surface area contributed by atoms with Gasteiger partial charge in [0.1, 0.15) is 0 Å². The zero-order valence-electron chi connectivity index (χ0n) is 13.1. The number of benzene rings is 2. The van der Waals surface area contributed by atoms with Gasteiger partial charge in [-0.3, -0.25) is 10.2 Å². The fourth-order valence-corrected chi connectivity index (χ4v) is 2.78. The van der Waals surface area contributed by atoms with Crippen LogP contribution in [-0.2, 0) is 0 Å². The predicted molar refractivity (Wildman–Crippen MR) is 97.6 cm³/mol. The summed E-state index contributed by atoms with van der Waals surface area (Å²) in [6, 6.07) is 20.8. The van der Waals surface area contributed by atoms with E-state index in [0.29, 0.717) is 5.04 Å². The summed E-state index contributed by atoms with van der Waals surface area (Å²) >= 11 is 1.30. The minimum Gasteiger partial charge on any atom is -0.461 e. The average molecular weight is 336 g/mol. The van der Waals surface area contributed by atoms with Crippen LogP contribution in [0.5, 0.6) is 0 Å². The number of furan rings is 1. The van der Waals surface area contributed by atoms with Crippen LogP contribution < -0.4 is 5.43 Å². The molecule has 0 spiro atoms.